The number of piperidine rings is 1. The van der Waals surface area contributed by atoms with E-state index in [4.69, 9.17) is 4.74 Å². The van der Waals surface area contributed by atoms with E-state index in [1.165, 1.54) is 6.20 Å². The van der Waals surface area contributed by atoms with E-state index in [-0.39, 0.29) is 11.8 Å². The monoisotopic (exact) mass is 389 g/mol. The number of ether oxygens (including phenoxy) is 1. The Bertz CT molecular complexity index is 655. The van der Waals surface area contributed by atoms with Crippen LogP contribution in [0.2, 0.25) is 0 Å². The van der Waals surface area contributed by atoms with Gasteiger partial charge in [0.05, 0.1) is 11.8 Å². The summed E-state index contributed by atoms with van der Waals surface area (Å²) in [5, 5.41) is 9.50. The lowest BCUT2D eigenvalue weighted by Crippen LogP contribution is -2.55. The molecule has 3 fully saturated rings. The molecule has 0 spiro atoms. The van der Waals surface area contributed by atoms with Gasteiger partial charge in [0.2, 0.25) is 5.91 Å². The van der Waals surface area contributed by atoms with Crippen LogP contribution in [0.4, 0.5) is 0 Å². The molecule has 3 heterocycles. The molecular weight excluding hydrogens is 358 g/mol. The summed E-state index contributed by atoms with van der Waals surface area (Å²) < 4.78 is 5.56. The Morgan fingerprint density at radius 2 is 2.04 bits per heavy atom. The highest BCUT2D eigenvalue weighted by Crippen LogP contribution is 2.32. The first kappa shape index (κ1) is 19.4. The average molecular weight is 390 g/mol. The van der Waals surface area contributed by atoms with E-state index in [9.17, 15) is 9.59 Å². The number of H-pyrrole nitrogens is 1. The van der Waals surface area contributed by atoms with Crippen molar-refractivity contribution in [2.45, 2.75) is 50.6 Å². The van der Waals surface area contributed by atoms with Crippen molar-refractivity contribution in [3.63, 3.8) is 0 Å². The first-order chi connectivity index (χ1) is 13.7. The largest absolute Gasteiger partial charge is 0.381 e. The fourth-order valence-electron chi connectivity index (χ4n) is 4.47. The van der Waals surface area contributed by atoms with Gasteiger partial charge in [-0.05, 0) is 38.5 Å². The number of rotatable bonds is 7. The first-order valence-corrected chi connectivity index (χ1v) is 10.6. The van der Waals surface area contributed by atoms with Crippen molar-refractivity contribution in [2.24, 2.45) is 5.92 Å². The minimum Gasteiger partial charge on any atom is -0.381 e. The van der Waals surface area contributed by atoms with Crippen molar-refractivity contribution >= 4 is 11.8 Å². The molecule has 8 nitrogen and oxygen atoms in total. The Kier molecular flexibility index (Phi) is 6.26. The predicted octanol–water partition coefficient (Wildman–Crippen LogP) is 1.02. The molecule has 1 aliphatic carbocycles. The molecule has 3 aliphatic rings. The van der Waals surface area contributed by atoms with Crippen molar-refractivity contribution in [3.05, 3.63) is 18.0 Å². The molecule has 0 bridgehead atoms. The molecule has 8 heteroatoms. The van der Waals surface area contributed by atoms with E-state index >= 15 is 0 Å². The van der Waals surface area contributed by atoms with Gasteiger partial charge in [0.25, 0.3) is 5.91 Å². The van der Waals surface area contributed by atoms with Crippen LogP contribution in [0.3, 0.4) is 0 Å². The summed E-state index contributed by atoms with van der Waals surface area (Å²) in [5.41, 5.74) is 0.552. The molecule has 154 valence electrons. The van der Waals surface area contributed by atoms with E-state index in [0.717, 1.165) is 71.4 Å². The maximum absolute atomic E-state index is 12.6. The number of hydrogen-bond acceptors (Lipinski definition) is 5. The number of amides is 2. The summed E-state index contributed by atoms with van der Waals surface area (Å²) in [4.78, 5) is 29.4. The molecule has 4 rings (SSSR count). The van der Waals surface area contributed by atoms with Crippen LogP contribution in [0.15, 0.2) is 12.4 Å². The highest BCUT2D eigenvalue weighted by atomic mass is 16.5. The number of nitrogens with one attached hydrogen (secondary N) is 2. The maximum atomic E-state index is 12.6. The minimum atomic E-state index is -0.102. The number of aromatic nitrogens is 2. The average Bonchev–Trinajstić information content (AvgIpc) is 3.44. The van der Waals surface area contributed by atoms with Gasteiger partial charge in [-0.15, -0.1) is 0 Å². The lowest BCUT2D eigenvalue weighted by Gasteiger charge is -2.44. The van der Waals surface area contributed by atoms with Gasteiger partial charge < -0.3 is 15.0 Å². The van der Waals surface area contributed by atoms with E-state index in [1.54, 1.807) is 6.20 Å². The Hall–Kier alpha value is -1.93. The van der Waals surface area contributed by atoms with Crippen LogP contribution in [-0.2, 0) is 9.53 Å². The SMILES string of the molecule is O=C(NCCN(C1CCOCC1)C1CCCN(C(=O)C2CC2)C1)c1cn[nH]c1. The van der Waals surface area contributed by atoms with Crippen LogP contribution in [-0.4, -0.2) is 83.3 Å². The van der Waals surface area contributed by atoms with Gasteiger partial charge in [-0.1, -0.05) is 0 Å². The first-order valence-electron chi connectivity index (χ1n) is 10.6. The topological polar surface area (TPSA) is 90.6 Å². The van der Waals surface area contributed by atoms with E-state index in [1.807, 2.05) is 0 Å². The molecule has 28 heavy (non-hydrogen) atoms. The maximum Gasteiger partial charge on any atom is 0.254 e. The Morgan fingerprint density at radius 3 is 2.75 bits per heavy atom. The third kappa shape index (κ3) is 4.72. The third-order valence-electron chi connectivity index (χ3n) is 6.18. The highest BCUT2D eigenvalue weighted by Gasteiger charge is 2.37. The van der Waals surface area contributed by atoms with E-state index in [0.29, 0.717) is 30.1 Å². The van der Waals surface area contributed by atoms with Crippen LogP contribution >= 0.6 is 0 Å². The predicted molar refractivity (Wildman–Crippen MR) is 104 cm³/mol. The number of likely N-dealkylation sites (tertiary alicyclic amines) is 1. The van der Waals surface area contributed by atoms with Crippen molar-refractivity contribution in [2.75, 3.05) is 39.4 Å². The number of aromatic amines is 1. The molecule has 1 aromatic rings. The molecule has 2 amide bonds. The lowest BCUT2D eigenvalue weighted by atomic mass is 9.98. The lowest BCUT2D eigenvalue weighted by molar-refractivity contribution is -0.135. The quantitative estimate of drug-likeness (QED) is 0.727. The molecule has 0 radical (unpaired) electrons. The standard InChI is InChI=1S/C20H31N5O3/c26-19(16-12-22-23-13-16)21-7-9-25(17-5-10-28-11-6-17)18-2-1-8-24(14-18)20(27)15-3-4-15/h12-13,15,17-18H,1-11,14H2,(H,21,26)(H,22,23). The van der Waals surface area contributed by atoms with Gasteiger partial charge >= 0.3 is 0 Å². The number of nitrogens with zero attached hydrogens (tertiary/aromatic N) is 3. The van der Waals surface area contributed by atoms with Crippen LogP contribution in [0.25, 0.3) is 0 Å². The summed E-state index contributed by atoms with van der Waals surface area (Å²) in [6.45, 7) is 4.69. The number of carbonyl (C=O) groups is 2. The second-order valence-electron chi connectivity index (χ2n) is 8.18. The highest BCUT2D eigenvalue weighted by molar-refractivity contribution is 5.93. The summed E-state index contributed by atoms with van der Waals surface area (Å²) in [7, 11) is 0. The molecule has 2 saturated heterocycles. The normalized spacial score (nSPS) is 23.8. The Labute approximate surface area is 166 Å². The number of hydrogen-bond donors (Lipinski definition) is 2. The second kappa shape index (κ2) is 9.05. The van der Waals surface area contributed by atoms with Gasteiger partial charge in [-0.2, -0.15) is 5.10 Å². The van der Waals surface area contributed by atoms with Gasteiger partial charge in [0.1, 0.15) is 0 Å². The molecule has 1 saturated carbocycles. The zero-order valence-corrected chi connectivity index (χ0v) is 16.4. The van der Waals surface area contributed by atoms with E-state index in [2.05, 4.69) is 25.3 Å². The molecule has 2 N–H and O–H groups in total. The summed E-state index contributed by atoms with van der Waals surface area (Å²) in [6.07, 6.45) is 9.47. The molecule has 2 aliphatic heterocycles. The fraction of sp³-hybridized carbons (Fsp3) is 0.750. The second-order valence-corrected chi connectivity index (χ2v) is 8.18. The molecule has 0 aromatic carbocycles. The van der Waals surface area contributed by atoms with Crippen LogP contribution in [0.1, 0.15) is 48.9 Å². The minimum absolute atomic E-state index is 0.102. The van der Waals surface area contributed by atoms with Crippen molar-refractivity contribution < 1.29 is 14.3 Å². The van der Waals surface area contributed by atoms with Gasteiger partial charge in [0.15, 0.2) is 0 Å². The third-order valence-corrected chi connectivity index (χ3v) is 6.18. The van der Waals surface area contributed by atoms with Crippen molar-refractivity contribution in [1.82, 2.24) is 25.3 Å². The molecule has 1 atom stereocenters. The van der Waals surface area contributed by atoms with Gasteiger partial charge in [-0.25, -0.2) is 0 Å². The van der Waals surface area contributed by atoms with Crippen LogP contribution in [0, 0.1) is 5.92 Å². The molecule has 1 aromatic heterocycles. The zero-order valence-electron chi connectivity index (χ0n) is 16.4. The fourth-order valence-corrected chi connectivity index (χ4v) is 4.47. The van der Waals surface area contributed by atoms with E-state index < -0.39 is 0 Å². The Balaban J connectivity index is 1.36. The van der Waals surface area contributed by atoms with Crippen LogP contribution < -0.4 is 5.32 Å². The van der Waals surface area contributed by atoms with Crippen molar-refractivity contribution in [1.29, 1.82) is 0 Å². The van der Waals surface area contributed by atoms with Crippen molar-refractivity contribution in [3.8, 4) is 0 Å². The van der Waals surface area contributed by atoms with Gasteiger partial charge in [-0.3, -0.25) is 19.6 Å². The smallest absolute Gasteiger partial charge is 0.254 e. The van der Waals surface area contributed by atoms with Gasteiger partial charge in [0, 0.05) is 63.6 Å². The molecule has 1 unspecified atom stereocenters. The summed E-state index contributed by atoms with van der Waals surface area (Å²) >= 11 is 0. The Morgan fingerprint density at radius 1 is 1.21 bits per heavy atom. The summed E-state index contributed by atoms with van der Waals surface area (Å²) in [5.74, 6) is 0.532. The number of carbonyl (C=O) groups excluding carboxylic acids is 2. The summed E-state index contributed by atoms with van der Waals surface area (Å²) in [6, 6.07) is 0.825. The van der Waals surface area contributed by atoms with Crippen LogP contribution in [0.5, 0.6) is 0 Å². The molecular formula is C20H31N5O3. The zero-order chi connectivity index (χ0) is 19.3.